The maximum Gasteiger partial charge on any atom is 0.326 e. The zero-order valence-electron chi connectivity index (χ0n) is 23.7. The molecule has 1 fully saturated rings. The molecule has 3 aromatic rings. The number of carbonyl (C=O) groups excluding carboxylic acids is 2. The highest BCUT2D eigenvalue weighted by atomic mass is 32.2. The third-order valence-corrected chi connectivity index (χ3v) is 10.0. The summed E-state index contributed by atoms with van der Waals surface area (Å²) < 4.78 is 34.0. The SMILES string of the molecule is CC(C)(C)Oc1ccc(C[C@H](NC(=O)[C@@H]2CCCN2S(=O)(=O)c2ccc(CNC(=O)c3ccccc3)s2)C(=O)O)cc1. The van der Waals surface area contributed by atoms with Gasteiger partial charge in [-0.1, -0.05) is 30.3 Å². The molecule has 3 N–H and O–H groups in total. The molecule has 2 amide bonds. The van der Waals surface area contributed by atoms with Crippen LogP contribution in [0, 0.1) is 0 Å². The maximum atomic E-state index is 13.5. The fraction of sp³-hybridized carbons (Fsp3) is 0.367. The van der Waals surface area contributed by atoms with Crippen LogP contribution in [-0.2, 0) is 32.6 Å². The average molecular weight is 614 g/mol. The zero-order valence-corrected chi connectivity index (χ0v) is 25.3. The number of nitrogens with one attached hydrogen (secondary N) is 2. The Morgan fingerprint density at radius 3 is 2.38 bits per heavy atom. The van der Waals surface area contributed by atoms with Crippen molar-refractivity contribution in [3.63, 3.8) is 0 Å². The molecular formula is C30H35N3O7S2. The van der Waals surface area contributed by atoms with Crippen LogP contribution in [0.4, 0.5) is 0 Å². The third kappa shape index (κ3) is 7.96. The molecule has 0 saturated carbocycles. The molecule has 2 atom stereocenters. The molecule has 0 bridgehead atoms. The summed E-state index contributed by atoms with van der Waals surface area (Å²) >= 11 is 1.02. The van der Waals surface area contributed by atoms with Crippen LogP contribution in [0.1, 0.15) is 54.4 Å². The van der Waals surface area contributed by atoms with Crippen LogP contribution in [0.25, 0.3) is 0 Å². The minimum Gasteiger partial charge on any atom is -0.488 e. The van der Waals surface area contributed by atoms with Crippen molar-refractivity contribution >= 4 is 39.1 Å². The predicted octanol–water partition coefficient (Wildman–Crippen LogP) is 3.82. The smallest absolute Gasteiger partial charge is 0.326 e. The van der Waals surface area contributed by atoms with E-state index < -0.39 is 34.0 Å². The summed E-state index contributed by atoms with van der Waals surface area (Å²) in [5.74, 6) is -1.49. The van der Waals surface area contributed by atoms with Crippen molar-refractivity contribution in [1.82, 2.24) is 14.9 Å². The highest BCUT2D eigenvalue weighted by molar-refractivity contribution is 7.91. The first-order valence-electron chi connectivity index (χ1n) is 13.6. The van der Waals surface area contributed by atoms with E-state index in [1.54, 1.807) is 54.6 Å². The lowest BCUT2D eigenvalue weighted by atomic mass is 10.0. The lowest BCUT2D eigenvalue weighted by Crippen LogP contribution is -2.51. The summed E-state index contributed by atoms with van der Waals surface area (Å²) in [6.07, 6.45) is 0.774. The Hall–Kier alpha value is -3.74. The highest BCUT2D eigenvalue weighted by Gasteiger charge is 2.41. The molecule has 2 heterocycles. The summed E-state index contributed by atoms with van der Waals surface area (Å²) in [6.45, 7) is 6.07. The number of aliphatic carboxylic acids is 1. The van der Waals surface area contributed by atoms with E-state index in [4.69, 9.17) is 4.74 Å². The number of nitrogens with zero attached hydrogens (tertiary/aromatic N) is 1. The number of amides is 2. The van der Waals surface area contributed by atoms with Crippen molar-refractivity contribution in [2.75, 3.05) is 6.54 Å². The van der Waals surface area contributed by atoms with Gasteiger partial charge >= 0.3 is 5.97 Å². The Balaban J connectivity index is 1.39. The van der Waals surface area contributed by atoms with E-state index in [9.17, 15) is 27.9 Å². The molecule has 12 heteroatoms. The van der Waals surface area contributed by atoms with Crippen molar-refractivity contribution in [3.8, 4) is 5.75 Å². The maximum absolute atomic E-state index is 13.5. The van der Waals surface area contributed by atoms with E-state index >= 15 is 0 Å². The first kappa shape index (κ1) is 31.2. The number of carboxylic acid groups (broad SMARTS) is 1. The van der Waals surface area contributed by atoms with Gasteiger partial charge in [-0.3, -0.25) is 9.59 Å². The van der Waals surface area contributed by atoms with Crippen LogP contribution in [0.2, 0.25) is 0 Å². The lowest BCUT2D eigenvalue weighted by Gasteiger charge is -2.24. The number of carbonyl (C=O) groups is 3. The van der Waals surface area contributed by atoms with Gasteiger partial charge in [-0.15, -0.1) is 11.3 Å². The molecule has 4 rings (SSSR count). The van der Waals surface area contributed by atoms with E-state index in [1.165, 1.54) is 6.07 Å². The van der Waals surface area contributed by atoms with E-state index in [1.807, 2.05) is 26.8 Å². The predicted molar refractivity (Wildman–Crippen MR) is 159 cm³/mol. The minimum absolute atomic E-state index is 0.0271. The third-order valence-electron chi connectivity index (χ3n) is 6.57. The molecule has 0 radical (unpaired) electrons. The van der Waals surface area contributed by atoms with Crippen molar-refractivity contribution in [2.45, 2.75) is 68.5 Å². The standard InChI is InChI=1S/C30H35N3O7S2/c1-30(2,3)40-22-13-11-20(12-14-22)18-24(29(36)37)32-28(35)25-10-7-17-33(25)42(38,39)26-16-15-23(41-26)19-31-27(34)21-8-5-4-6-9-21/h4-6,8-9,11-16,24-25H,7,10,17-19H2,1-3H3,(H,31,34)(H,32,35)(H,36,37)/t24-,25-/m0/s1. The molecular weight excluding hydrogens is 578 g/mol. The van der Waals surface area contributed by atoms with Gasteiger partial charge in [0.1, 0.15) is 27.6 Å². The largest absolute Gasteiger partial charge is 0.488 e. The molecule has 224 valence electrons. The van der Waals surface area contributed by atoms with Crippen molar-refractivity contribution in [1.29, 1.82) is 0 Å². The van der Waals surface area contributed by atoms with Gasteiger partial charge in [0.25, 0.3) is 15.9 Å². The molecule has 1 saturated heterocycles. The molecule has 0 aliphatic carbocycles. The van der Waals surface area contributed by atoms with Crippen molar-refractivity contribution in [2.24, 2.45) is 0 Å². The average Bonchev–Trinajstić information content (AvgIpc) is 3.63. The van der Waals surface area contributed by atoms with Crippen molar-refractivity contribution in [3.05, 3.63) is 82.7 Å². The summed E-state index contributed by atoms with van der Waals surface area (Å²) in [5.41, 5.74) is 0.805. The van der Waals surface area contributed by atoms with Gasteiger partial charge in [-0.2, -0.15) is 4.31 Å². The number of sulfonamides is 1. The lowest BCUT2D eigenvalue weighted by molar-refractivity contribution is -0.142. The van der Waals surface area contributed by atoms with Gasteiger partial charge in [0.15, 0.2) is 0 Å². The number of ether oxygens (including phenoxy) is 1. The Bertz CT molecular complexity index is 1510. The van der Waals surface area contributed by atoms with Gasteiger partial charge in [0, 0.05) is 23.4 Å². The number of hydrogen-bond acceptors (Lipinski definition) is 7. The van der Waals surface area contributed by atoms with Gasteiger partial charge in [0.05, 0.1) is 6.54 Å². The van der Waals surface area contributed by atoms with Crippen molar-refractivity contribution < 1.29 is 32.6 Å². The van der Waals surface area contributed by atoms with Crippen LogP contribution < -0.4 is 15.4 Å². The molecule has 2 aromatic carbocycles. The molecule has 1 aliphatic heterocycles. The van der Waals surface area contributed by atoms with Gasteiger partial charge in [-0.25, -0.2) is 13.2 Å². The summed E-state index contributed by atoms with van der Waals surface area (Å²) in [6, 6.07) is 16.5. The van der Waals surface area contributed by atoms with Gasteiger partial charge < -0.3 is 20.5 Å². The highest BCUT2D eigenvalue weighted by Crippen LogP contribution is 2.31. The molecule has 0 spiro atoms. The summed E-state index contributed by atoms with van der Waals surface area (Å²) in [5, 5.41) is 15.1. The number of carboxylic acids is 1. The monoisotopic (exact) mass is 613 g/mol. The second-order valence-corrected chi connectivity index (χ2v) is 14.3. The van der Waals surface area contributed by atoms with E-state index in [2.05, 4.69) is 10.6 Å². The van der Waals surface area contributed by atoms with Gasteiger partial charge in [0.2, 0.25) is 5.91 Å². The summed E-state index contributed by atoms with van der Waals surface area (Å²) in [7, 11) is -4.02. The molecule has 0 unspecified atom stereocenters. The molecule has 1 aliphatic rings. The van der Waals surface area contributed by atoms with E-state index in [0.29, 0.717) is 28.2 Å². The fourth-order valence-electron chi connectivity index (χ4n) is 4.61. The number of thiophene rings is 1. The molecule has 42 heavy (non-hydrogen) atoms. The second-order valence-electron chi connectivity index (χ2n) is 11.0. The van der Waals surface area contributed by atoms with Crippen LogP contribution in [0.15, 0.2) is 70.9 Å². The minimum atomic E-state index is -4.02. The zero-order chi connectivity index (χ0) is 30.5. The van der Waals surface area contributed by atoms with Crippen LogP contribution >= 0.6 is 11.3 Å². The van der Waals surface area contributed by atoms with E-state index in [-0.39, 0.29) is 41.6 Å². The van der Waals surface area contributed by atoms with Crippen LogP contribution in [0.5, 0.6) is 5.75 Å². The first-order valence-corrected chi connectivity index (χ1v) is 15.8. The van der Waals surface area contributed by atoms with Gasteiger partial charge in [-0.05, 0) is 75.6 Å². The second kappa shape index (κ2) is 13.1. The normalized spacial score (nSPS) is 16.5. The number of hydrogen-bond donors (Lipinski definition) is 3. The Morgan fingerprint density at radius 1 is 1.05 bits per heavy atom. The Morgan fingerprint density at radius 2 is 1.74 bits per heavy atom. The topological polar surface area (TPSA) is 142 Å². The number of benzene rings is 2. The van der Waals surface area contributed by atoms with Crippen LogP contribution in [-0.4, -0.2) is 59.8 Å². The van der Waals surface area contributed by atoms with Crippen LogP contribution in [0.3, 0.4) is 0 Å². The Labute approximate surface area is 249 Å². The quantitative estimate of drug-likeness (QED) is 0.299. The summed E-state index contributed by atoms with van der Waals surface area (Å²) in [4.78, 5) is 38.2. The fourth-order valence-corrected chi connectivity index (χ4v) is 7.69. The Kier molecular flexibility index (Phi) is 9.70. The van der Waals surface area contributed by atoms with E-state index in [0.717, 1.165) is 15.6 Å². The molecule has 1 aromatic heterocycles. The molecule has 10 nitrogen and oxygen atoms in total. The number of rotatable bonds is 11. The first-order chi connectivity index (χ1) is 19.8.